The highest BCUT2D eigenvalue weighted by Crippen LogP contribution is 2.28. The number of benzene rings is 1. The smallest absolute Gasteiger partial charge is 0.251 e. The van der Waals surface area contributed by atoms with Gasteiger partial charge in [0.15, 0.2) is 0 Å². The molecule has 1 amide bonds. The van der Waals surface area contributed by atoms with Crippen molar-refractivity contribution >= 4 is 5.91 Å². The van der Waals surface area contributed by atoms with E-state index in [1.54, 1.807) is 13.2 Å². The van der Waals surface area contributed by atoms with Crippen molar-refractivity contribution in [2.24, 2.45) is 0 Å². The van der Waals surface area contributed by atoms with Crippen LogP contribution in [-0.2, 0) is 4.74 Å². The van der Waals surface area contributed by atoms with E-state index in [0.29, 0.717) is 36.6 Å². The Morgan fingerprint density at radius 3 is 2.78 bits per heavy atom. The van der Waals surface area contributed by atoms with Gasteiger partial charge in [0.2, 0.25) is 0 Å². The average Bonchev–Trinajstić information content (AvgIpc) is 3.04. The summed E-state index contributed by atoms with van der Waals surface area (Å²) in [6.07, 6.45) is 4.80. The molecule has 1 saturated carbocycles. The van der Waals surface area contributed by atoms with Gasteiger partial charge in [0.25, 0.3) is 5.91 Å². The summed E-state index contributed by atoms with van der Waals surface area (Å²) >= 11 is 0. The van der Waals surface area contributed by atoms with Crippen LogP contribution in [-0.4, -0.2) is 56.3 Å². The van der Waals surface area contributed by atoms with Gasteiger partial charge in [-0.05, 0) is 57.0 Å². The van der Waals surface area contributed by atoms with Crippen molar-refractivity contribution in [1.29, 1.82) is 0 Å². The molecule has 0 spiro atoms. The first-order valence-corrected chi connectivity index (χ1v) is 8.53. The first kappa shape index (κ1) is 16.3. The summed E-state index contributed by atoms with van der Waals surface area (Å²) in [5.74, 6) is 0.699. The molecule has 3 rings (SSSR count). The molecule has 0 radical (unpaired) electrons. The van der Waals surface area contributed by atoms with Crippen molar-refractivity contribution in [2.75, 3.05) is 33.4 Å². The summed E-state index contributed by atoms with van der Waals surface area (Å²) in [6.45, 7) is 3.48. The second kappa shape index (κ2) is 7.79. The molecule has 2 fully saturated rings. The summed E-state index contributed by atoms with van der Waals surface area (Å²) in [5, 5.41) is 3.13. The molecule has 1 heterocycles. The number of methoxy groups -OCH3 is 1. The van der Waals surface area contributed by atoms with Crippen molar-refractivity contribution in [3.8, 4) is 5.75 Å². The Kier molecular flexibility index (Phi) is 5.51. The second-order valence-electron chi connectivity index (χ2n) is 6.41. The van der Waals surface area contributed by atoms with Gasteiger partial charge in [0.05, 0.1) is 6.61 Å². The minimum atomic E-state index is -0.00735. The van der Waals surface area contributed by atoms with Gasteiger partial charge >= 0.3 is 0 Å². The van der Waals surface area contributed by atoms with E-state index in [1.807, 2.05) is 18.2 Å². The minimum absolute atomic E-state index is 0.00735. The van der Waals surface area contributed by atoms with Crippen molar-refractivity contribution in [2.45, 2.75) is 37.8 Å². The summed E-state index contributed by atoms with van der Waals surface area (Å²) in [5.41, 5.74) is 0.657. The van der Waals surface area contributed by atoms with E-state index >= 15 is 0 Å². The number of carbonyl (C=O) groups excluding carboxylic acids is 1. The van der Waals surface area contributed by atoms with Crippen LogP contribution in [0.3, 0.4) is 0 Å². The Morgan fingerprint density at radius 2 is 2.04 bits per heavy atom. The molecule has 5 heteroatoms. The molecule has 0 aromatic heterocycles. The highest BCUT2D eigenvalue weighted by atomic mass is 16.5. The molecule has 0 unspecified atom stereocenters. The highest BCUT2D eigenvalue weighted by molar-refractivity contribution is 5.94. The summed E-state index contributed by atoms with van der Waals surface area (Å²) in [4.78, 5) is 14.9. The van der Waals surface area contributed by atoms with E-state index < -0.39 is 0 Å². The van der Waals surface area contributed by atoms with E-state index in [0.717, 1.165) is 12.8 Å². The summed E-state index contributed by atoms with van der Waals surface area (Å²) in [7, 11) is 1.64. The maximum atomic E-state index is 12.4. The molecule has 5 nitrogen and oxygen atoms in total. The summed E-state index contributed by atoms with van der Waals surface area (Å²) in [6, 6.07) is 8.32. The zero-order valence-corrected chi connectivity index (χ0v) is 13.8. The third-order valence-corrected chi connectivity index (χ3v) is 4.76. The quantitative estimate of drug-likeness (QED) is 0.782. The monoisotopic (exact) mass is 318 g/mol. The number of nitrogens with one attached hydrogen (secondary N) is 1. The van der Waals surface area contributed by atoms with Crippen molar-refractivity contribution in [1.82, 2.24) is 10.2 Å². The van der Waals surface area contributed by atoms with E-state index in [4.69, 9.17) is 9.47 Å². The predicted molar refractivity (Wildman–Crippen MR) is 88.9 cm³/mol. The van der Waals surface area contributed by atoms with E-state index in [2.05, 4.69) is 10.2 Å². The van der Waals surface area contributed by atoms with Crippen LogP contribution in [0.5, 0.6) is 5.75 Å². The fourth-order valence-corrected chi connectivity index (χ4v) is 3.35. The lowest BCUT2D eigenvalue weighted by Gasteiger charge is -2.41. The normalized spacial score (nSPS) is 24.2. The van der Waals surface area contributed by atoms with Gasteiger partial charge in [-0.25, -0.2) is 0 Å². The summed E-state index contributed by atoms with van der Waals surface area (Å²) < 4.78 is 10.5. The molecule has 1 aromatic rings. The first-order valence-electron chi connectivity index (χ1n) is 8.53. The number of hydrogen-bond acceptors (Lipinski definition) is 4. The molecule has 1 saturated heterocycles. The van der Waals surface area contributed by atoms with Crippen LogP contribution >= 0.6 is 0 Å². The molecule has 2 aliphatic rings. The largest absolute Gasteiger partial charge is 0.491 e. The fourth-order valence-electron chi connectivity index (χ4n) is 3.35. The molecule has 0 bridgehead atoms. The van der Waals surface area contributed by atoms with E-state index in [-0.39, 0.29) is 5.91 Å². The Morgan fingerprint density at radius 1 is 1.26 bits per heavy atom. The second-order valence-corrected chi connectivity index (χ2v) is 6.41. The van der Waals surface area contributed by atoms with Gasteiger partial charge in [0.1, 0.15) is 12.4 Å². The minimum Gasteiger partial charge on any atom is -0.491 e. The number of rotatable bonds is 7. The number of carbonyl (C=O) groups is 1. The van der Waals surface area contributed by atoms with Crippen LogP contribution in [0.15, 0.2) is 24.3 Å². The van der Waals surface area contributed by atoms with Gasteiger partial charge in [-0.15, -0.1) is 0 Å². The van der Waals surface area contributed by atoms with E-state index in [9.17, 15) is 4.79 Å². The molecule has 1 aliphatic heterocycles. The fraction of sp³-hybridized carbons (Fsp3) is 0.611. The lowest BCUT2D eigenvalue weighted by Crippen LogP contribution is -2.53. The van der Waals surface area contributed by atoms with Crippen molar-refractivity contribution < 1.29 is 14.3 Å². The topological polar surface area (TPSA) is 50.8 Å². The third-order valence-electron chi connectivity index (χ3n) is 4.76. The predicted octanol–water partition coefficient (Wildman–Crippen LogP) is 2.07. The van der Waals surface area contributed by atoms with Gasteiger partial charge in [-0.1, -0.05) is 6.07 Å². The molecule has 1 N–H and O–H groups in total. The molecule has 1 aromatic carbocycles. The number of likely N-dealkylation sites (tertiary alicyclic amines) is 1. The first-order chi connectivity index (χ1) is 11.3. The Hall–Kier alpha value is -1.59. The average molecular weight is 318 g/mol. The van der Waals surface area contributed by atoms with Crippen LogP contribution in [0.2, 0.25) is 0 Å². The van der Waals surface area contributed by atoms with Gasteiger partial charge in [-0.2, -0.15) is 0 Å². The Labute approximate surface area is 137 Å². The molecular weight excluding hydrogens is 292 g/mol. The lowest BCUT2D eigenvalue weighted by molar-refractivity contribution is 0.0819. The van der Waals surface area contributed by atoms with Gasteiger partial charge in [0, 0.05) is 24.8 Å². The number of nitrogens with zero attached hydrogens (tertiary/aromatic N) is 1. The van der Waals surface area contributed by atoms with Crippen LogP contribution in [0.4, 0.5) is 0 Å². The number of hydrogen-bond donors (Lipinski definition) is 1. The maximum Gasteiger partial charge on any atom is 0.251 e. The number of amides is 1. The van der Waals surface area contributed by atoms with Crippen molar-refractivity contribution in [3.05, 3.63) is 29.8 Å². The van der Waals surface area contributed by atoms with Crippen LogP contribution in [0.1, 0.15) is 36.0 Å². The van der Waals surface area contributed by atoms with E-state index in [1.165, 1.54) is 25.9 Å². The molecule has 23 heavy (non-hydrogen) atoms. The zero-order valence-electron chi connectivity index (χ0n) is 13.8. The molecule has 0 atom stereocenters. The standard InChI is InChI=1S/C18H26N2O3/c1-22-9-10-23-17-6-4-5-14(11-17)18(21)19-15-12-16(13-15)20-7-2-3-8-20/h4-6,11,15-16H,2-3,7-10,12-13H2,1H3,(H,19,21). The lowest BCUT2D eigenvalue weighted by atomic mass is 9.85. The third kappa shape index (κ3) is 4.24. The van der Waals surface area contributed by atoms with Gasteiger partial charge < -0.3 is 19.7 Å². The Balaban J connectivity index is 1.46. The van der Waals surface area contributed by atoms with Crippen LogP contribution < -0.4 is 10.1 Å². The highest BCUT2D eigenvalue weighted by Gasteiger charge is 2.35. The Bertz CT molecular complexity index is 523. The maximum absolute atomic E-state index is 12.4. The molecule has 126 valence electrons. The van der Waals surface area contributed by atoms with Crippen LogP contribution in [0.25, 0.3) is 0 Å². The SMILES string of the molecule is COCCOc1cccc(C(=O)NC2CC(N3CCCC3)C2)c1. The van der Waals surface area contributed by atoms with Gasteiger partial charge in [-0.3, -0.25) is 4.79 Å². The molecular formula is C18H26N2O3. The number of ether oxygens (including phenoxy) is 2. The van der Waals surface area contributed by atoms with Crippen molar-refractivity contribution in [3.63, 3.8) is 0 Å². The molecule has 1 aliphatic carbocycles. The zero-order chi connectivity index (χ0) is 16.1. The van der Waals surface area contributed by atoms with Crippen LogP contribution in [0, 0.1) is 0 Å².